The molecule has 1 N–H and O–H groups in total. The fraction of sp³-hybridized carbons (Fsp3) is 0.647. The number of carbonyl (C=O) groups excluding carboxylic acids is 1. The Bertz CT molecular complexity index is 535. The molecule has 1 aromatic rings. The lowest BCUT2D eigenvalue weighted by molar-refractivity contribution is -0.146. The van der Waals surface area contributed by atoms with Crippen LogP contribution in [0, 0.1) is 11.8 Å². The normalized spacial score (nSPS) is 26.4. The number of hydrogen-bond acceptors (Lipinski definition) is 3. The second-order valence-electron chi connectivity index (χ2n) is 6.57. The Morgan fingerprint density at radius 2 is 2.00 bits per heavy atom. The third kappa shape index (κ3) is 3.03. The molecule has 2 saturated carbocycles. The summed E-state index contributed by atoms with van der Waals surface area (Å²) in [6.07, 6.45) is 6.48. The van der Waals surface area contributed by atoms with E-state index in [1.165, 1.54) is 0 Å². The summed E-state index contributed by atoms with van der Waals surface area (Å²) in [5, 5.41) is 9.22. The minimum atomic E-state index is -0.769. The van der Waals surface area contributed by atoms with Crippen molar-refractivity contribution in [1.82, 2.24) is 4.90 Å². The molecule has 3 unspecified atom stereocenters. The average Bonchev–Trinajstić information content (AvgIpc) is 3.19. The fourth-order valence-electron chi connectivity index (χ4n) is 3.56. The fourth-order valence-corrected chi connectivity index (χ4v) is 3.56. The third-order valence-corrected chi connectivity index (χ3v) is 4.94. The van der Waals surface area contributed by atoms with Gasteiger partial charge in [-0.1, -0.05) is 6.42 Å². The zero-order valence-corrected chi connectivity index (χ0v) is 12.9. The summed E-state index contributed by atoms with van der Waals surface area (Å²) >= 11 is 0. The van der Waals surface area contributed by atoms with E-state index in [9.17, 15) is 14.7 Å². The molecule has 1 aromatic heterocycles. The molecular formula is C17H23NO4. The molecule has 3 rings (SSSR count). The Morgan fingerprint density at radius 3 is 2.59 bits per heavy atom. The number of furan rings is 1. The molecule has 5 nitrogen and oxygen atoms in total. The summed E-state index contributed by atoms with van der Waals surface area (Å²) in [7, 11) is 0. The molecule has 120 valence electrons. The molecule has 2 aliphatic carbocycles. The van der Waals surface area contributed by atoms with E-state index in [0.29, 0.717) is 12.8 Å². The minimum absolute atomic E-state index is 0.0831. The van der Waals surface area contributed by atoms with Crippen molar-refractivity contribution in [3.8, 4) is 0 Å². The number of rotatable bonds is 5. The zero-order valence-electron chi connectivity index (χ0n) is 12.9. The van der Waals surface area contributed by atoms with Crippen LogP contribution in [0.4, 0.5) is 0 Å². The maximum Gasteiger partial charge on any atom is 0.306 e. The largest absolute Gasteiger partial charge is 0.481 e. The molecule has 2 fully saturated rings. The van der Waals surface area contributed by atoms with Crippen molar-refractivity contribution < 1.29 is 19.1 Å². The second-order valence-corrected chi connectivity index (χ2v) is 6.57. The number of nitrogens with zero attached hydrogens (tertiary/aromatic N) is 1. The first kappa shape index (κ1) is 15.1. The predicted octanol–water partition coefficient (Wildman–Crippen LogP) is 3.22. The molecule has 0 aliphatic heterocycles. The van der Waals surface area contributed by atoms with Gasteiger partial charge in [0.15, 0.2) is 0 Å². The standard InChI is InChI=1S/C17H23NO4/c1-11(15-6-3-9-22-15)18(14-7-8-14)16(19)12-4-2-5-13(10-12)17(20)21/h3,6,9,11-14H,2,4-5,7-8,10H2,1H3,(H,20,21). The average molecular weight is 305 g/mol. The van der Waals surface area contributed by atoms with Gasteiger partial charge in [-0.15, -0.1) is 0 Å². The summed E-state index contributed by atoms with van der Waals surface area (Å²) in [5.41, 5.74) is 0. The zero-order chi connectivity index (χ0) is 15.7. The van der Waals surface area contributed by atoms with E-state index in [4.69, 9.17) is 4.42 Å². The van der Waals surface area contributed by atoms with Gasteiger partial charge in [-0.05, 0) is 51.2 Å². The van der Waals surface area contributed by atoms with E-state index in [2.05, 4.69) is 0 Å². The number of carboxylic acid groups (broad SMARTS) is 1. The first-order chi connectivity index (χ1) is 10.6. The van der Waals surface area contributed by atoms with Gasteiger partial charge in [0.1, 0.15) is 5.76 Å². The Hall–Kier alpha value is -1.78. The number of carboxylic acids is 1. The van der Waals surface area contributed by atoms with Crippen LogP contribution in [0.2, 0.25) is 0 Å². The Kier molecular flexibility index (Phi) is 4.23. The van der Waals surface area contributed by atoms with Gasteiger partial charge < -0.3 is 14.4 Å². The first-order valence-corrected chi connectivity index (χ1v) is 8.16. The smallest absolute Gasteiger partial charge is 0.306 e. The second kappa shape index (κ2) is 6.15. The van der Waals surface area contributed by atoms with Crippen LogP contribution in [-0.2, 0) is 9.59 Å². The molecule has 0 saturated heterocycles. The number of amides is 1. The topological polar surface area (TPSA) is 70.8 Å². The molecule has 1 amide bonds. The molecule has 1 heterocycles. The Balaban J connectivity index is 1.74. The van der Waals surface area contributed by atoms with Gasteiger partial charge in [-0.3, -0.25) is 9.59 Å². The van der Waals surface area contributed by atoms with E-state index in [1.807, 2.05) is 24.0 Å². The van der Waals surface area contributed by atoms with Crippen LogP contribution in [0.15, 0.2) is 22.8 Å². The highest BCUT2D eigenvalue weighted by molar-refractivity contribution is 5.81. The van der Waals surface area contributed by atoms with Crippen LogP contribution in [-0.4, -0.2) is 27.9 Å². The summed E-state index contributed by atoms with van der Waals surface area (Å²) in [5.74, 6) is -0.395. The van der Waals surface area contributed by atoms with E-state index >= 15 is 0 Å². The van der Waals surface area contributed by atoms with Crippen molar-refractivity contribution in [3.63, 3.8) is 0 Å². The Labute approximate surface area is 130 Å². The summed E-state index contributed by atoms with van der Waals surface area (Å²) in [6, 6.07) is 3.94. The quantitative estimate of drug-likeness (QED) is 0.906. The molecule has 5 heteroatoms. The van der Waals surface area contributed by atoms with Crippen LogP contribution in [0.1, 0.15) is 57.3 Å². The number of carbonyl (C=O) groups is 2. The lowest BCUT2D eigenvalue weighted by Gasteiger charge is -2.34. The summed E-state index contributed by atoms with van der Waals surface area (Å²) < 4.78 is 5.46. The lowest BCUT2D eigenvalue weighted by atomic mass is 9.80. The van der Waals surface area contributed by atoms with Crippen molar-refractivity contribution in [1.29, 1.82) is 0 Å². The van der Waals surface area contributed by atoms with Crippen molar-refractivity contribution in [2.45, 2.75) is 57.5 Å². The first-order valence-electron chi connectivity index (χ1n) is 8.16. The van der Waals surface area contributed by atoms with Gasteiger partial charge in [0.25, 0.3) is 0 Å². The maximum absolute atomic E-state index is 13.0. The van der Waals surface area contributed by atoms with Gasteiger partial charge in [0, 0.05) is 12.0 Å². The van der Waals surface area contributed by atoms with Crippen LogP contribution in [0.5, 0.6) is 0 Å². The monoisotopic (exact) mass is 305 g/mol. The summed E-state index contributed by atoms with van der Waals surface area (Å²) in [4.78, 5) is 26.1. The highest BCUT2D eigenvalue weighted by Crippen LogP contribution is 2.39. The third-order valence-electron chi connectivity index (χ3n) is 4.94. The molecule has 0 radical (unpaired) electrons. The molecule has 22 heavy (non-hydrogen) atoms. The van der Waals surface area contributed by atoms with Crippen molar-refractivity contribution in [2.75, 3.05) is 0 Å². The van der Waals surface area contributed by atoms with Crippen molar-refractivity contribution in [2.24, 2.45) is 11.8 Å². The van der Waals surface area contributed by atoms with E-state index in [-0.39, 0.29) is 29.8 Å². The van der Waals surface area contributed by atoms with Gasteiger partial charge in [-0.2, -0.15) is 0 Å². The molecule has 2 aliphatic rings. The predicted molar refractivity (Wildman–Crippen MR) is 80.1 cm³/mol. The highest BCUT2D eigenvalue weighted by Gasteiger charge is 2.41. The van der Waals surface area contributed by atoms with Crippen LogP contribution >= 0.6 is 0 Å². The molecule has 3 atom stereocenters. The number of hydrogen-bond donors (Lipinski definition) is 1. The van der Waals surface area contributed by atoms with E-state index in [0.717, 1.165) is 31.4 Å². The molecular weight excluding hydrogens is 282 g/mol. The van der Waals surface area contributed by atoms with Gasteiger partial charge in [0.05, 0.1) is 18.2 Å². The maximum atomic E-state index is 13.0. The van der Waals surface area contributed by atoms with Gasteiger partial charge in [-0.25, -0.2) is 0 Å². The molecule has 0 aromatic carbocycles. The van der Waals surface area contributed by atoms with Crippen LogP contribution in [0.25, 0.3) is 0 Å². The van der Waals surface area contributed by atoms with Crippen LogP contribution < -0.4 is 0 Å². The molecule has 0 spiro atoms. The van der Waals surface area contributed by atoms with Crippen molar-refractivity contribution in [3.05, 3.63) is 24.2 Å². The SMILES string of the molecule is CC(c1ccco1)N(C(=O)C1CCCC(C(=O)O)C1)C1CC1. The number of aliphatic carboxylic acids is 1. The van der Waals surface area contributed by atoms with Gasteiger partial charge >= 0.3 is 5.97 Å². The van der Waals surface area contributed by atoms with E-state index < -0.39 is 5.97 Å². The molecule has 0 bridgehead atoms. The van der Waals surface area contributed by atoms with Crippen LogP contribution in [0.3, 0.4) is 0 Å². The van der Waals surface area contributed by atoms with E-state index in [1.54, 1.807) is 6.26 Å². The highest BCUT2D eigenvalue weighted by atomic mass is 16.4. The lowest BCUT2D eigenvalue weighted by Crippen LogP contribution is -2.41. The van der Waals surface area contributed by atoms with Crippen molar-refractivity contribution >= 4 is 11.9 Å². The Morgan fingerprint density at radius 1 is 1.27 bits per heavy atom. The summed E-state index contributed by atoms with van der Waals surface area (Å²) in [6.45, 7) is 1.99. The minimum Gasteiger partial charge on any atom is -0.481 e. The van der Waals surface area contributed by atoms with Gasteiger partial charge in [0.2, 0.25) is 5.91 Å².